The quantitative estimate of drug-likeness (QED) is 0.614. The second kappa shape index (κ2) is 6.37. The second-order valence-corrected chi connectivity index (χ2v) is 13.1. The van der Waals surface area contributed by atoms with Crippen LogP contribution >= 0.6 is 50.3 Å². The Labute approximate surface area is 55.2 Å². The van der Waals surface area contributed by atoms with Crippen LogP contribution in [-0.4, -0.2) is 0 Å². The van der Waals surface area contributed by atoms with E-state index in [1.54, 1.807) is 0 Å². The SMILES string of the molecule is PP/N=P/P(P)P. The molecule has 0 aromatic heterocycles. The van der Waals surface area contributed by atoms with Crippen molar-refractivity contribution in [1.82, 2.24) is 0 Å². The van der Waals surface area contributed by atoms with Gasteiger partial charge in [0.15, 0.2) is 0 Å². The van der Waals surface area contributed by atoms with Gasteiger partial charge in [-0.3, -0.25) is 0 Å². The molecule has 0 aliphatic rings. The topological polar surface area (TPSA) is 12.4 Å². The number of hydrogen-bond acceptors (Lipinski definition) is 1. The summed E-state index contributed by atoms with van der Waals surface area (Å²) < 4.78 is 4.12. The summed E-state index contributed by atoms with van der Waals surface area (Å²) in [6.45, 7) is 0.0261. The predicted molar refractivity (Wildman–Crippen MR) is 53.7 cm³/mol. The lowest BCUT2D eigenvalue weighted by molar-refractivity contribution is 2.10. The van der Waals surface area contributed by atoms with E-state index >= 15 is 0 Å². The molecule has 7 heteroatoms. The van der Waals surface area contributed by atoms with E-state index in [1.165, 1.54) is 8.06 Å². The maximum Gasteiger partial charge on any atom is 0.0432 e. The standard InChI is InChI=1S/H7NP6/c2-5-1-6-7(3)4/h5H,2-4H2. The van der Waals surface area contributed by atoms with Gasteiger partial charge in [-0.25, -0.2) is 4.52 Å². The van der Waals surface area contributed by atoms with E-state index in [0.717, 1.165) is 0 Å². The molecule has 0 bridgehead atoms. The van der Waals surface area contributed by atoms with Crippen LogP contribution in [0.15, 0.2) is 4.52 Å². The van der Waals surface area contributed by atoms with Crippen molar-refractivity contribution >= 4 is 50.3 Å². The largest absolute Gasteiger partial charge is 0.239 e. The molecule has 0 heterocycles. The molecule has 0 aliphatic heterocycles. The first-order valence-corrected chi connectivity index (χ1v) is 10.3. The minimum Gasteiger partial charge on any atom is -0.239 e. The molecule has 0 N–H and O–H groups in total. The first kappa shape index (κ1) is 9.25. The molecule has 0 rings (SSSR count). The van der Waals surface area contributed by atoms with Crippen LogP contribution in [0.25, 0.3) is 0 Å². The maximum absolute atomic E-state index is 4.12. The lowest BCUT2D eigenvalue weighted by atomic mass is 13.9. The first-order chi connectivity index (χ1) is 3.27. The fraction of sp³-hybridized carbons (Fsp3) is 0. The number of hydrogen-bond donors (Lipinski definition) is 0. The third kappa shape index (κ3) is 8.25. The summed E-state index contributed by atoms with van der Waals surface area (Å²) in [5.74, 6) is 0. The summed E-state index contributed by atoms with van der Waals surface area (Å²) in [6, 6.07) is 0. The maximum atomic E-state index is 4.12. The van der Waals surface area contributed by atoms with Crippen LogP contribution in [0.4, 0.5) is 0 Å². The van der Waals surface area contributed by atoms with E-state index in [2.05, 4.69) is 31.3 Å². The molecule has 0 aromatic carbocycles. The van der Waals surface area contributed by atoms with E-state index in [-0.39, 0.29) is 6.99 Å². The van der Waals surface area contributed by atoms with Gasteiger partial charge in [-0.2, -0.15) is 0 Å². The summed E-state index contributed by atoms with van der Waals surface area (Å²) in [5, 5.41) is 0. The molecule has 0 amide bonds. The van der Waals surface area contributed by atoms with Crippen molar-refractivity contribution in [1.29, 1.82) is 0 Å². The van der Waals surface area contributed by atoms with Gasteiger partial charge < -0.3 is 0 Å². The van der Waals surface area contributed by atoms with E-state index in [1.807, 2.05) is 0 Å². The Morgan fingerprint density at radius 2 is 2.14 bits per heavy atom. The Hall–Kier alpha value is 2.25. The molecular weight excluding hydrogens is 200 g/mol. The Balaban J connectivity index is 3.08. The van der Waals surface area contributed by atoms with E-state index in [0.29, 0.717) is 8.42 Å². The lowest BCUT2D eigenvalue weighted by Gasteiger charge is -1.87. The molecule has 0 saturated carbocycles. The molecule has 7 heavy (non-hydrogen) atoms. The molecule has 0 saturated heterocycles. The summed E-state index contributed by atoms with van der Waals surface area (Å²) in [6.07, 6.45) is 0. The molecule has 0 aliphatic carbocycles. The van der Waals surface area contributed by atoms with Crippen LogP contribution in [-0.2, 0) is 0 Å². The van der Waals surface area contributed by atoms with Crippen LogP contribution < -0.4 is 0 Å². The van der Waals surface area contributed by atoms with E-state index < -0.39 is 0 Å². The predicted octanol–water partition coefficient (Wildman–Crippen LogP) is 3.48. The van der Waals surface area contributed by atoms with Crippen LogP contribution in [0.2, 0.25) is 0 Å². The van der Waals surface area contributed by atoms with Crippen molar-refractivity contribution in [3.63, 3.8) is 0 Å². The molecular formula is H7NP6. The third-order valence-corrected chi connectivity index (χ3v) is 5.55. The molecule has 1 nitrogen and oxygen atoms in total. The number of nitrogens with zero attached hydrogens (tertiary/aromatic N) is 1. The zero-order valence-corrected chi connectivity index (χ0v) is 9.83. The van der Waals surface area contributed by atoms with Crippen molar-refractivity contribution < 1.29 is 0 Å². The van der Waals surface area contributed by atoms with Gasteiger partial charge in [-0.15, -0.1) is 0 Å². The monoisotopic (exact) mass is 207 g/mol. The van der Waals surface area contributed by atoms with Gasteiger partial charge in [-0.05, 0) is 0 Å². The highest BCUT2D eigenvalue weighted by molar-refractivity contribution is 8.67. The molecule has 0 aromatic rings. The molecule has 0 fully saturated rings. The Bertz CT molecular complexity index is 55.2. The highest BCUT2D eigenvalue weighted by Crippen LogP contribution is 2.65. The van der Waals surface area contributed by atoms with Crippen LogP contribution in [0.3, 0.4) is 0 Å². The van der Waals surface area contributed by atoms with Crippen LogP contribution in [0.1, 0.15) is 0 Å². The summed E-state index contributed by atoms with van der Waals surface area (Å²) in [5.41, 5.74) is 0. The summed E-state index contributed by atoms with van der Waals surface area (Å²) in [4.78, 5) is 0. The smallest absolute Gasteiger partial charge is 0.0432 e. The average molecular weight is 207 g/mol. The Morgan fingerprint density at radius 1 is 1.57 bits per heavy atom. The molecule has 0 radical (unpaired) electrons. The zero-order valence-electron chi connectivity index (χ0n) is 3.57. The summed E-state index contributed by atoms with van der Waals surface area (Å²) in [7, 11) is 9.93. The Kier molecular flexibility index (Phi) is 8.42. The highest BCUT2D eigenvalue weighted by Gasteiger charge is 1.80. The average Bonchev–Trinajstić information content (AvgIpc) is 1.61. The van der Waals surface area contributed by atoms with Crippen molar-refractivity contribution in [2.75, 3.05) is 0 Å². The number of rotatable bonds is 2. The molecule has 42 valence electrons. The van der Waals surface area contributed by atoms with Gasteiger partial charge in [0.25, 0.3) is 0 Å². The minimum absolute atomic E-state index is 0.0261. The van der Waals surface area contributed by atoms with Crippen molar-refractivity contribution in [2.24, 2.45) is 4.52 Å². The normalized spacial score (nSPS) is 13.1. The fourth-order valence-electron chi connectivity index (χ4n) is 0.0775. The van der Waals surface area contributed by atoms with Gasteiger partial charge in [0.2, 0.25) is 0 Å². The fourth-order valence-corrected chi connectivity index (χ4v) is 6.27. The van der Waals surface area contributed by atoms with Crippen LogP contribution in [0.5, 0.6) is 0 Å². The van der Waals surface area contributed by atoms with Gasteiger partial charge in [0.05, 0.1) is 0 Å². The van der Waals surface area contributed by atoms with Gasteiger partial charge in [-0.1, -0.05) is 26.8 Å². The van der Waals surface area contributed by atoms with E-state index in [4.69, 9.17) is 0 Å². The van der Waals surface area contributed by atoms with Gasteiger partial charge in [0.1, 0.15) is 0 Å². The van der Waals surface area contributed by atoms with Crippen molar-refractivity contribution in [3.8, 4) is 0 Å². The highest BCUT2D eigenvalue weighted by atomic mass is 32.7. The molecule has 4 atom stereocenters. The summed E-state index contributed by atoms with van der Waals surface area (Å²) >= 11 is 0. The van der Waals surface area contributed by atoms with Crippen LogP contribution in [0, 0.1) is 0 Å². The van der Waals surface area contributed by atoms with E-state index in [9.17, 15) is 0 Å². The zero-order chi connectivity index (χ0) is 5.70. The Morgan fingerprint density at radius 3 is 2.29 bits per heavy atom. The van der Waals surface area contributed by atoms with Crippen molar-refractivity contribution in [3.05, 3.63) is 0 Å². The minimum atomic E-state index is 0.0261. The van der Waals surface area contributed by atoms with Gasteiger partial charge >= 0.3 is 0 Å². The molecule has 4 unspecified atom stereocenters. The van der Waals surface area contributed by atoms with Crippen molar-refractivity contribution in [2.45, 2.75) is 0 Å². The third-order valence-electron chi connectivity index (χ3n) is 0.206. The molecule has 0 spiro atoms. The first-order valence-electron chi connectivity index (χ1n) is 1.43. The van der Waals surface area contributed by atoms with Gasteiger partial charge in [0, 0.05) is 23.5 Å². The second-order valence-electron chi connectivity index (χ2n) is 0.699. The lowest BCUT2D eigenvalue weighted by Crippen LogP contribution is -1.09.